The Morgan fingerprint density at radius 2 is 1.68 bits per heavy atom. The van der Waals surface area contributed by atoms with Crippen molar-refractivity contribution >= 4 is 23.8 Å². The third-order valence-corrected chi connectivity index (χ3v) is 4.69. The highest BCUT2D eigenvalue weighted by molar-refractivity contribution is 6.22. The number of rotatable bonds is 7. The molecule has 1 heterocycles. The summed E-state index contributed by atoms with van der Waals surface area (Å²) in [6.45, 7) is 0. The molecule has 8 heteroatoms. The number of carbonyl (C=O) groups excluding carboxylic acids is 4. The van der Waals surface area contributed by atoms with E-state index in [0.29, 0.717) is 6.42 Å². The fourth-order valence-corrected chi connectivity index (χ4v) is 3.29. The van der Waals surface area contributed by atoms with Crippen LogP contribution in [0.4, 0.5) is 0 Å². The van der Waals surface area contributed by atoms with Gasteiger partial charge >= 0.3 is 11.9 Å². The molecule has 0 bridgehead atoms. The van der Waals surface area contributed by atoms with Crippen molar-refractivity contribution in [3.8, 4) is 0 Å². The molecule has 3 rings (SSSR count). The van der Waals surface area contributed by atoms with Gasteiger partial charge in [-0.15, -0.1) is 0 Å². The Bertz CT molecular complexity index is 853. The Labute approximate surface area is 161 Å². The number of nitrogens with one attached hydrogen (secondary N) is 1. The molecular formula is C20H20N2O6. The molecule has 2 unspecified atom stereocenters. The highest BCUT2D eigenvalue weighted by atomic mass is 16.5. The van der Waals surface area contributed by atoms with E-state index in [1.807, 2.05) is 12.2 Å². The average molecular weight is 384 g/mol. The highest BCUT2D eigenvalue weighted by Gasteiger charge is 2.45. The number of imide groups is 1. The Balaban J connectivity index is 1.89. The van der Waals surface area contributed by atoms with Crippen molar-refractivity contribution < 1.29 is 28.7 Å². The number of carbonyl (C=O) groups is 4. The Morgan fingerprint density at radius 3 is 2.18 bits per heavy atom. The van der Waals surface area contributed by atoms with E-state index in [9.17, 15) is 19.2 Å². The van der Waals surface area contributed by atoms with Gasteiger partial charge in [-0.25, -0.2) is 9.59 Å². The van der Waals surface area contributed by atoms with Gasteiger partial charge in [0.25, 0.3) is 11.8 Å². The van der Waals surface area contributed by atoms with Gasteiger partial charge in [0, 0.05) is 18.5 Å². The van der Waals surface area contributed by atoms with Crippen LogP contribution >= 0.6 is 0 Å². The second-order valence-corrected chi connectivity index (χ2v) is 6.34. The van der Waals surface area contributed by atoms with Gasteiger partial charge in [0.2, 0.25) is 0 Å². The number of amides is 2. The molecule has 0 saturated carbocycles. The molecule has 0 spiro atoms. The fourth-order valence-electron chi connectivity index (χ4n) is 3.29. The van der Waals surface area contributed by atoms with Crippen molar-refractivity contribution in [2.24, 2.45) is 0 Å². The van der Waals surface area contributed by atoms with Gasteiger partial charge in [-0.2, -0.15) is 0 Å². The lowest BCUT2D eigenvalue weighted by Crippen LogP contribution is -2.50. The molecule has 146 valence electrons. The number of allylic oxidation sites excluding steroid dienone is 3. The van der Waals surface area contributed by atoms with E-state index in [0.717, 1.165) is 17.7 Å². The summed E-state index contributed by atoms with van der Waals surface area (Å²) in [6.07, 6.45) is 5.95. The lowest BCUT2D eigenvalue weighted by Gasteiger charge is -2.28. The van der Waals surface area contributed by atoms with Gasteiger partial charge in [0.1, 0.15) is 12.1 Å². The maximum absolute atomic E-state index is 12.8. The van der Waals surface area contributed by atoms with Crippen molar-refractivity contribution in [1.82, 2.24) is 10.2 Å². The first-order valence-electron chi connectivity index (χ1n) is 8.72. The van der Waals surface area contributed by atoms with E-state index in [-0.39, 0.29) is 17.5 Å². The number of hydrogen-bond donors (Lipinski definition) is 1. The van der Waals surface area contributed by atoms with Crippen LogP contribution in [-0.2, 0) is 19.1 Å². The van der Waals surface area contributed by atoms with Crippen LogP contribution in [-0.4, -0.2) is 55.0 Å². The summed E-state index contributed by atoms with van der Waals surface area (Å²) in [4.78, 5) is 51.1. The van der Waals surface area contributed by atoms with Gasteiger partial charge in [0.05, 0.1) is 25.3 Å². The van der Waals surface area contributed by atoms with E-state index in [1.165, 1.54) is 19.2 Å². The Hall–Kier alpha value is -3.42. The lowest BCUT2D eigenvalue weighted by atomic mass is 10.0. The van der Waals surface area contributed by atoms with Crippen molar-refractivity contribution in [2.45, 2.75) is 24.9 Å². The van der Waals surface area contributed by atoms with Gasteiger partial charge in [-0.05, 0) is 18.2 Å². The minimum Gasteiger partial charge on any atom is -0.467 e. The minimum atomic E-state index is -1.27. The minimum absolute atomic E-state index is 0.178. The van der Waals surface area contributed by atoms with Crippen LogP contribution in [0.2, 0.25) is 0 Å². The Kier molecular flexibility index (Phi) is 5.58. The highest BCUT2D eigenvalue weighted by Crippen LogP contribution is 2.27. The zero-order chi connectivity index (χ0) is 20.3. The monoisotopic (exact) mass is 384 g/mol. The molecule has 0 aromatic heterocycles. The maximum Gasteiger partial charge on any atom is 0.329 e. The van der Waals surface area contributed by atoms with Crippen molar-refractivity contribution in [1.29, 1.82) is 0 Å². The summed E-state index contributed by atoms with van der Waals surface area (Å²) in [5, 5.41) is 3.02. The van der Waals surface area contributed by atoms with E-state index >= 15 is 0 Å². The molecule has 1 aliphatic heterocycles. The third-order valence-electron chi connectivity index (χ3n) is 4.69. The Morgan fingerprint density at radius 1 is 1.07 bits per heavy atom. The van der Waals surface area contributed by atoms with Crippen LogP contribution in [0.3, 0.4) is 0 Å². The molecule has 8 nitrogen and oxygen atoms in total. The number of hydrogen-bond acceptors (Lipinski definition) is 7. The number of fused-ring (bicyclic) bond motifs is 1. The maximum atomic E-state index is 12.8. The van der Waals surface area contributed by atoms with E-state index in [1.54, 1.807) is 18.2 Å². The standard InChI is InChI=1S/C20H20N2O6/c1-27-19(25)15(21-12-7-3-4-8-12)11-16(20(26)28-2)22-17(23)13-9-5-6-10-14(13)18(22)24/h3-7,9-10,15-16,21H,8,11H2,1-2H3. The number of benzene rings is 1. The molecule has 0 radical (unpaired) electrons. The number of nitrogens with zero attached hydrogens (tertiary/aromatic N) is 1. The van der Waals surface area contributed by atoms with E-state index in [4.69, 9.17) is 9.47 Å². The predicted molar refractivity (Wildman–Crippen MR) is 98.1 cm³/mol. The topological polar surface area (TPSA) is 102 Å². The van der Waals surface area contributed by atoms with Crippen LogP contribution in [0.5, 0.6) is 0 Å². The number of ether oxygens (including phenoxy) is 2. The summed E-state index contributed by atoms with van der Waals surface area (Å²) in [5.74, 6) is -2.59. The van der Waals surface area contributed by atoms with Gasteiger partial charge in [-0.1, -0.05) is 24.3 Å². The molecule has 28 heavy (non-hydrogen) atoms. The molecule has 1 aliphatic carbocycles. The molecule has 0 saturated heterocycles. The largest absolute Gasteiger partial charge is 0.467 e. The zero-order valence-electron chi connectivity index (χ0n) is 15.5. The zero-order valence-corrected chi connectivity index (χ0v) is 15.5. The van der Waals surface area contributed by atoms with Gasteiger partial charge < -0.3 is 14.8 Å². The van der Waals surface area contributed by atoms with Gasteiger partial charge in [0.15, 0.2) is 0 Å². The normalized spacial score (nSPS) is 17.1. The summed E-state index contributed by atoms with van der Waals surface area (Å²) in [6, 6.07) is 4.11. The van der Waals surface area contributed by atoms with Crippen LogP contribution in [0.25, 0.3) is 0 Å². The van der Waals surface area contributed by atoms with E-state index < -0.39 is 35.8 Å². The first-order chi connectivity index (χ1) is 13.5. The van der Waals surface area contributed by atoms with Gasteiger partial charge in [-0.3, -0.25) is 14.5 Å². The molecule has 0 fully saturated rings. The van der Waals surface area contributed by atoms with Crippen LogP contribution in [0.15, 0.2) is 48.2 Å². The first-order valence-corrected chi connectivity index (χ1v) is 8.72. The molecule has 1 aromatic carbocycles. The van der Waals surface area contributed by atoms with E-state index in [2.05, 4.69) is 5.32 Å². The lowest BCUT2D eigenvalue weighted by molar-refractivity contribution is -0.147. The summed E-state index contributed by atoms with van der Waals surface area (Å²) in [7, 11) is 2.39. The van der Waals surface area contributed by atoms with Crippen LogP contribution < -0.4 is 5.32 Å². The predicted octanol–water partition coefficient (Wildman–Crippen LogP) is 1.19. The fraction of sp³-hybridized carbons (Fsp3) is 0.300. The second-order valence-electron chi connectivity index (χ2n) is 6.34. The second kappa shape index (κ2) is 8.08. The molecule has 1 aromatic rings. The summed E-state index contributed by atoms with van der Waals surface area (Å²) in [5.41, 5.74) is 1.19. The SMILES string of the molecule is COC(=O)C(CC(C(=O)OC)N1C(=O)c2ccccc2C1=O)NC1=CC=CC1. The molecule has 1 N–H and O–H groups in total. The molecular weight excluding hydrogens is 364 g/mol. The molecule has 2 aliphatic rings. The summed E-state index contributed by atoms with van der Waals surface area (Å²) >= 11 is 0. The molecule has 2 amide bonds. The first kappa shape index (κ1) is 19.3. The van der Waals surface area contributed by atoms with Crippen LogP contribution in [0, 0.1) is 0 Å². The smallest absolute Gasteiger partial charge is 0.329 e. The van der Waals surface area contributed by atoms with Crippen LogP contribution in [0.1, 0.15) is 33.6 Å². The number of methoxy groups -OCH3 is 2. The van der Waals surface area contributed by atoms with Crippen molar-refractivity contribution in [3.63, 3.8) is 0 Å². The quantitative estimate of drug-likeness (QED) is 0.556. The van der Waals surface area contributed by atoms with Crippen molar-refractivity contribution in [2.75, 3.05) is 14.2 Å². The average Bonchev–Trinajstić information content (AvgIpc) is 3.31. The molecule has 2 atom stereocenters. The van der Waals surface area contributed by atoms with Crippen molar-refractivity contribution in [3.05, 3.63) is 59.3 Å². The third kappa shape index (κ3) is 3.53. The number of esters is 2. The summed E-state index contributed by atoms with van der Waals surface area (Å²) < 4.78 is 9.64.